The second kappa shape index (κ2) is 7.10. The van der Waals surface area contributed by atoms with Crippen molar-refractivity contribution in [1.82, 2.24) is 10.9 Å². The summed E-state index contributed by atoms with van der Waals surface area (Å²) in [5, 5.41) is 0.556. The number of aryl methyl sites for hydroxylation is 1. The van der Waals surface area contributed by atoms with Crippen LogP contribution in [-0.2, 0) is 0 Å². The summed E-state index contributed by atoms with van der Waals surface area (Å²) in [5.74, 6) is -0.715. The molecule has 2 aromatic carbocycles. The summed E-state index contributed by atoms with van der Waals surface area (Å²) in [6.45, 7) is 1.78. The number of nitrogens with one attached hydrogen (secondary N) is 2. The molecule has 0 bridgehead atoms. The minimum absolute atomic E-state index is 0.215. The lowest BCUT2D eigenvalue weighted by atomic mass is 10.1. The molecule has 0 radical (unpaired) electrons. The molecule has 0 saturated heterocycles. The summed E-state index contributed by atoms with van der Waals surface area (Å²) in [7, 11) is 1.50. The van der Waals surface area contributed by atoms with E-state index in [0.29, 0.717) is 22.3 Å². The zero-order chi connectivity index (χ0) is 18.7. The van der Waals surface area contributed by atoms with Crippen LogP contribution in [0.25, 0.3) is 11.0 Å². The van der Waals surface area contributed by atoms with E-state index in [-0.39, 0.29) is 5.56 Å². The minimum atomic E-state index is -0.812. The van der Waals surface area contributed by atoms with Gasteiger partial charge in [-0.2, -0.15) is 0 Å². The van der Waals surface area contributed by atoms with Crippen LogP contribution in [0.15, 0.2) is 57.7 Å². The third kappa shape index (κ3) is 3.41. The molecule has 3 aromatic rings. The predicted octanol–water partition coefficient (Wildman–Crippen LogP) is 2.18. The second-order valence-electron chi connectivity index (χ2n) is 5.57. The molecule has 0 spiro atoms. The first-order valence-corrected chi connectivity index (χ1v) is 7.78. The van der Waals surface area contributed by atoms with Crippen molar-refractivity contribution in [1.29, 1.82) is 0 Å². The third-order valence-corrected chi connectivity index (χ3v) is 3.87. The average molecular weight is 352 g/mol. The first-order valence-electron chi connectivity index (χ1n) is 7.78. The molecule has 2 amide bonds. The van der Waals surface area contributed by atoms with Crippen molar-refractivity contribution >= 4 is 22.8 Å². The van der Waals surface area contributed by atoms with E-state index in [2.05, 4.69) is 10.9 Å². The molecule has 0 atom stereocenters. The fourth-order valence-electron chi connectivity index (χ4n) is 2.45. The highest BCUT2D eigenvalue weighted by molar-refractivity contribution is 6.00. The molecule has 3 rings (SSSR count). The van der Waals surface area contributed by atoms with Gasteiger partial charge in [0.05, 0.1) is 7.11 Å². The number of hydrogen-bond donors (Lipinski definition) is 2. The predicted molar refractivity (Wildman–Crippen MR) is 95.1 cm³/mol. The van der Waals surface area contributed by atoms with Gasteiger partial charge in [0.15, 0.2) is 0 Å². The Bertz CT molecular complexity index is 1060. The fourth-order valence-corrected chi connectivity index (χ4v) is 2.45. The number of carbonyl (C=O) groups excluding carboxylic acids is 2. The monoisotopic (exact) mass is 352 g/mol. The standard InChI is InChI=1S/C19H16N2O5/c1-11-5-3-4-6-14(11)17(22)20-21-18(23)15-9-12-7-8-13(25-2)10-16(12)26-19(15)24/h3-10H,1-2H3,(H,20,22)(H,21,23). The summed E-state index contributed by atoms with van der Waals surface area (Å²) in [5.41, 5.74) is 4.98. The number of fused-ring (bicyclic) bond motifs is 1. The second-order valence-corrected chi connectivity index (χ2v) is 5.57. The molecule has 7 nitrogen and oxygen atoms in total. The number of hydrazine groups is 1. The van der Waals surface area contributed by atoms with Gasteiger partial charge in [-0.05, 0) is 36.8 Å². The molecule has 0 saturated carbocycles. The van der Waals surface area contributed by atoms with Crippen LogP contribution in [0.1, 0.15) is 26.3 Å². The Kier molecular flexibility index (Phi) is 4.70. The lowest BCUT2D eigenvalue weighted by Crippen LogP contribution is -2.43. The molecular weight excluding hydrogens is 336 g/mol. The quantitative estimate of drug-likeness (QED) is 0.556. The van der Waals surface area contributed by atoms with Crippen LogP contribution < -0.4 is 21.2 Å². The van der Waals surface area contributed by atoms with Crippen LogP contribution in [0.2, 0.25) is 0 Å². The molecule has 0 aliphatic carbocycles. The van der Waals surface area contributed by atoms with Crippen LogP contribution in [0, 0.1) is 6.92 Å². The maximum atomic E-state index is 12.2. The van der Waals surface area contributed by atoms with E-state index >= 15 is 0 Å². The van der Waals surface area contributed by atoms with Gasteiger partial charge in [0.1, 0.15) is 16.9 Å². The van der Waals surface area contributed by atoms with Crippen LogP contribution in [0.3, 0.4) is 0 Å². The van der Waals surface area contributed by atoms with Crippen molar-refractivity contribution in [2.24, 2.45) is 0 Å². The largest absolute Gasteiger partial charge is 0.497 e. The molecule has 0 aliphatic heterocycles. The van der Waals surface area contributed by atoms with Crippen molar-refractivity contribution in [3.8, 4) is 5.75 Å². The van der Waals surface area contributed by atoms with Crippen molar-refractivity contribution < 1.29 is 18.7 Å². The molecule has 132 valence electrons. The Morgan fingerprint density at radius 3 is 2.35 bits per heavy atom. The highest BCUT2D eigenvalue weighted by Gasteiger charge is 2.16. The van der Waals surface area contributed by atoms with Crippen molar-refractivity contribution in [3.05, 3.63) is 75.6 Å². The van der Waals surface area contributed by atoms with Crippen molar-refractivity contribution in [2.75, 3.05) is 7.11 Å². The summed E-state index contributed by atoms with van der Waals surface area (Å²) in [6.07, 6.45) is 0. The molecular formula is C19H16N2O5. The zero-order valence-corrected chi connectivity index (χ0v) is 14.2. The fraction of sp³-hybridized carbons (Fsp3) is 0.105. The van der Waals surface area contributed by atoms with Crippen LogP contribution in [-0.4, -0.2) is 18.9 Å². The van der Waals surface area contributed by atoms with Gasteiger partial charge in [0.2, 0.25) is 0 Å². The number of rotatable bonds is 3. The van der Waals surface area contributed by atoms with Gasteiger partial charge < -0.3 is 9.15 Å². The van der Waals surface area contributed by atoms with Crippen LogP contribution >= 0.6 is 0 Å². The highest BCUT2D eigenvalue weighted by atomic mass is 16.5. The Morgan fingerprint density at radius 1 is 0.962 bits per heavy atom. The smallest absolute Gasteiger partial charge is 0.349 e. The molecule has 0 aliphatic rings. The van der Waals surface area contributed by atoms with Crippen LogP contribution in [0.5, 0.6) is 5.75 Å². The number of carbonyl (C=O) groups is 2. The van der Waals surface area contributed by atoms with Gasteiger partial charge in [0.25, 0.3) is 11.8 Å². The van der Waals surface area contributed by atoms with E-state index in [0.717, 1.165) is 5.56 Å². The van der Waals surface area contributed by atoms with Gasteiger partial charge in [0, 0.05) is 17.0 Å². The average Bonchev–Trinajstić information content (AvgIpc) is 2.65. The topological polar surface area (TPSA) is 97.6 Å². The maximum Gasteiger partial charge on any atom is 0.349 e. The van der Waals surface area contributed by atoms with E-state index in [1.54, 1.807) is 49.4 Å². The Labute approximate surface area is 148 Å². The molecule has 7 heteroatoms. The number of ether oxygens (including phenoxy) is 1. The van der Waals surface area contributed by atoms with Crippen molar-refractivity contribution in [2.45, 2.75) is 6.92 Å². The van der Waals surface area contributed by atoms with Gasteiger partial charge in [-0.15, -0.1) is 0 Å². The number of benzene rings is 2. The van der Waals surface area contributed by atoms with E-state index in [4.69, 9.17) is 9.15 Å². The Morgan fingerprint density at radius 2 is 1.65 bits per heavy atom. The maximum absolute atomic E-state index is 12.2. The Hall–Kier alpha value is -3.61. The van der Waals surface area contributed by atoms with Gasteiger partial charge in [-0.1, -0.05) is 18.2 Å². The number of hydrogen-bond acceptors (Lipinski definition) is 5. The summed E-state index contributed by atoms with van der Waals surface area (Å²) >= 11 is 0. The van der Waals surface area contributed by atoms with Gasteiger partial charge in [-0.25, -0.2) is 4.79 Å². The molecule has 1 heterocycles. The first-order chi connectivity index (χ1) is 12.5. The third-order valence-electron chi connectivity index (χ3n) is 3.87. The normalized spacial score (nSPS) is 10.4. The lowest BCUT2D eigenvalue weighted by Gasteiger charge is -2.09. The number of amides is 2. The molecule has 0 fully saturated rings. The van der Waals surface area contributed by atoms with Crippen molar-refractivity contribution in [3.63, 3.8) is 0 Å². The summed E-state index contributed by atoms with van der Waals surface area (Å²) < 4.78 is 10.2. The van der Waals surface area contributed by atoms with Gasteiger partial charge >= 0.3 is 5.63 Å². The molecule has 26 heavy (non-hydrogen) atoms. The Balaban J connectivity index is 1.79. The molecule has 1 aromatic heterocycles. The molecule has 2 N–H and O–H groups in total. The lowest BCUT2D eigenvalue weighted by molar-refractivity contribution is 0.0844. The van der Waals surface area contributed by atoms with Crippen LogP contribution in [0.4, 0.5) is 0 Å². The molecule has 0 unspecified atom stereocenters. The first kappa shape index (κ1) is 17.2. The van der Waals surface area contributed by atoms with E-state index in [1.807, 2.05) is 0 Å². The zero-order valence-electron chi connectivity index (χ0n) is 14.2. The summed E-state index contributed by atoms with van der Waals surface area (Å²) in [6, 6.07) is 13.2. The van der Waals surface area contributed by atoms with E-state index in [1.165, 1.54) is 13.2 Å². The van der Waals surface area contributed by atoms with Gasteiger partial charge in [-0.3, -0.25) is 20.4 Å². The van der Waals surface area contributed by atoms with E-state index < -0.39 is 17.4 Å². The van der Waals surface area contributed by atoms with E-state index in [9.17, 15) is 14.4 Å². The number of methoxy groups -OCH3 is 1. The SMILES string of the molecule is COc1ccc2cc(C(=O)NNC(=O)c3ccccc3C)c(=O)oc2c1. The highest BCUT2D eigenvalue weighted by Crippen LogP contribution is 2.20. The minimum Gasteiger partial charge on any atom is -0.497 e. The summed E-state index contributed by atoms with van der Waals surface area (Å²) in [4.78, 5) is 36.4.